The van der Waals surface area contributed by atoms with Gasteiger partial charge in [0.25, 0.3) is 5.91 Å². The molecule has 3 N–H and O–H groups in total. The lowest BCUT2D eigenvalue weighted by Gasteiger charge is -2.35. The number of likely N-dealkylation sites (tertiary alicyclic amines) is 1. The van der Waals surface area contributed by atoms with Crippen LogP contribution in [0.2, 0.25) is 0 Å². The summed E-state index contributed by atoms with van der Waals surface area (Å²) in [6, 6.07) is 6.13. The predicted octanol–water partition coefficient (Wildman–Crippen LogP) is 2.95. The van der Waals surface area contributed by atoms with E-state index in [1.807, 2.05) is 14.0 Å². The highest BCUT2D eigenvalue weighted by Crippen LogP contribution is 2.27. The molecule has 0 bridgehead atoms. The maximum atomic E-state index is 14.0. The lowest BCUT2D eigenvalue weighted by Crippen LogP contribution is -2.46. The fourth-order valence-electron chi connectivity index (χ4n) is 4.69. The number of fused-ring (bicyclic) bond motifs is 1. The van der Waals surface area contributed by atoms with Crippen molar-refractivity contribution in [3.8, 4) is 0 Å². The Kier molecular flexibility index (Phi) is 5.19. The highest BCUT2D eigenvalue weighted by Gasteiger charge is 2.32. The van der Waals surface area contributed by atoms with E-state index in [1.165, 1.54) is 18.9 Å². The van der Waals surface area contributed by atoms with Crippen LogP contribution in [0.3, 0.4) is 0 Å². The summed E-state index contributed by atoms with van der Waals surface area (Å²) in [5.74, 6) is -0.429. The van der Waals surface area contributed by atoms with Gasteiger partial charge < -0.3 is 15.6 Å². The zero-order chi connectivity index (χ0) is 19.0. The minimum Gasteiger partial charge on any atom is -0.350 e. The second kappa shape index (κ2) is 7.60. The summed E-state index contributed by atoms with van der Waals surface area (Å²) in [6.07, 6.45) is 5.55. The van der Waals surface area contributed by atoms with Crippen molar-refractivity contribution >= 4 is 16.8 Å². The molecule has 6 heteroatoms. The van der Waals surface area contributed by atoms with Gasteiger partial charge in [-0.1, -0.05) is 6.07 Å². The third kappa shape index (κ3) is 3.73. The molecule has 1 aromatic heterocycles. The molecule has 146 valence electrons. The molecule has 1 unspecified atom stereocenters. The van der Waals surface area contributed by atoms with Crippen LogP contribution in [0.5, 0.6) is 0 Å². The summed E-state index contributed by atoms with van der Waals surface area (Å²) in [6.45, 7) is 4.15. The summed E-state index contributed by atoms with van der Waals surface area (Å²) >= 11 is 0. The molecule has 4 rings (SSSR count). The number of aromatic amines is 1. The van der Waals surface area contributed by atoms with Gasteiger partial charge in [0.15, 0.2) is 0 Å². The van der Waals surface area contributed by atoms with Crippen LogP contribution in [-0.4, -0.2) is 54.1 Å². The van der Waals surface area contributed by atoms with E-state index in [0.29, 0.717) is 28.7 Å². The summed E-state index contributed by atoms with van der Waals surface area (Å²) in [5, 5.41) is 7.04. The van der Waals surface area contributed by atoms with E-state index in [2.05, 4.69) is 20.5 Å². The molecule has 1 aliphatic heterocycles. The number of H-pyrrole nitrogens is 1. The van der Waals surface area contributed by atoms with Crippen molar-refractivity contribution in [1.29, 1.82) is 0 Å². The number of aromatic nitrogens is 1. The molecule has 1 aromatic carbocycles. The number of benzene rings is 1. The smallest absolute Gasteiger partial charge is 0.267 e. The quantitative estimate of drug-likeness (QED) is 0.773. The van der Waals surface area contributed by atoms with Gasteiger partial charge in [0.05, 0.1) is 5.52 Å². The number of halogens is 1. The molecule has 5 nitrogen and oxygen atoms in total. The van der Waals surface area contributed by atoms with Crippen molar-refractivity contribution in [3.63, 3.8) is 0 Å². The van der Waals surface area contributed by atoms with E-state index in [-0.39, 0.29) is 17.8 Å². The van der Waals surface area contributed by atoms with E-state index in [1.54, 1.807) is 12.1 Å². The van der Waals surface area contributed by atoms with Gasteiger partial charge in [-0.3, -0.25) is 9.69 Å². The Morgan fingerprint density at radius 1 is 1.26 bits per heavy atom. The fourth-order valence-corrected chi connectivity index (χ4v) is 4.69. The molecular formula is C21H29FN4O. The number of carbonyl (C=O) groups excluding carboxylic acids is 1. The van der Waals surface area contributed by atoms with Crippen molar-refractivity contribution in [3.05, 3.63) is 35.3 Å². The number of nitrogens with one attached hydrogen (secondary N) is 3. The van der Waals surface area contributed by atoms with Crippen molar-refractivity contribution in [1.82, 2.24) is 20.5 Å². The molecule has 2 aliphatic rings. The minimum atomic E-state index is -0.295. The molecule has 3 atom stereocenters. The Hall–Kier alpha value is -1.92. The maximum absolute atomic E-state index is 14.0. The molecule has 27 heavy (non-hydrogen) atoms. The van der Waals surface area contributed by atoms with Crippen molar-refractivity contribution in [2.45, 2.75) is 57.2 Å². The van der Waals surface area contributed by atoms with Gasteiger partial charge in [-0.05, 0) is 63.8 Å². The van der Waals surface area contributed by atoms with Gasteiger partial charge >= 0.3 is 0 Å². The van der Waals surface area contributed by atoms with Crippen molar-refractivity contribution in [2.24, 2.45) is 0 Å². The summed E-state index contributed by atoms with van der Waals surface area (Å²) in [5.41, 5.74) is 2.09. The van der Waals surface area contributed by atoms with Crippen LogP contribution in [0.25, 0.3) is 10.9 Å². The van der Waals surface area contributed by atoms with Gasteiger partial charge in [0.1, 0.15) is 11.5 Å². The predicted molar refractivity (Wildman–Crippen MR) is 106 cm³/mol. The average molecular weight is 372 g/mol. The largest absolute Gasteiger partial charge is 0.350 e. The molecule has 1 amide bonds. The zero-order valence-corrected chi connectivity index (χ0v) is 16.1. The number of nitrogens with zero attached hydrogens (tertiary/aromatic N) is 1. The lowest BCUT2D eigenvalue weighted by molar-refractivity contribution is 0.0899. The zero-order valence-electron chi connectivity index (χ0n) is 16.1. The second-order valence-corrected chi connectivity index (χ2v) is 8.10. The number of rotatable bonds is 4. The van der Waals surface area contributed by atoms with Crippen LogP contribution in [0.4, 0.5) is 4.39 Å². The highest BCUT2D eigenvalue weighted by molar-refractivity contribution is 5.99. The summed E-state index contributed by atoms with van der Waals surface area (Å²) in [7, 11) is 2.03. The third-order valence-electron chi connectivity index (χ3n) is 6.32. The fraction of sp³-hybridized carbons (Fsp3) is 0.571. The number of hydrogen-bond donors (Lipinski definition) is 3. The second-order valence-electron chi connectivity index (χ2n) is 8.10. The Balaban J connectivity index is 1.42. The lowest BCUT2D eigenvalue weighted by atomic mass is 9.90. The van der Waals surface area contributed by atoms with Crippen LogP contribution >= 0.6 is 0 Å². The van der Waals surface area contributed by atoms with Crippen LogP contribution in [-0.2, 0) is 0 Å². The molecule has 1 saturated carbocycles. The molecule has 2 fully saturated rings. The van der Waals surface area contributed by atoms with E-state index >= 15 is 0 Å². The number of aryl methyl sites for hydroxylation is 1. The first-order chi connectivity index (χ1) is 13.0. The van der Waals surface area contributed by atoms with Gasteiger partial charge in [-0.2, -0.15) is 0 Å². The molecule has 2 heterocycles. The summed E-state index contributed by atoms with van der Waals surface area (Å²) < 4.78 is 14.0. The molecule has 0 spiro atoms. The number of carbonyl (C=O) groups is 1. The van der Waals surface area contributed by atoms with Gasteiger partial charge in [0.2, 0.25) is 0 Å². The van der Waals surface area contributed by atoms with Crippen LogP contribution in [0.15, 0.2) is 18.2 Å². The third-order valence-corrected chi connectivity index (χ3v) is 6.32. The highest BCUT2D eigenvalue weighted by atomic mass is 19.1. The van der Waals surface area contributed by atoms with E-state index < -0.39 is 0 Å². The van der Waals surface area contributed by atoms with E-state index in [4.69, 9.17) is 0 Å². The Labute approximate surface area is 159 Å². The SMILES string of the molecule is CNC1CCN([C@H]2CCC[C@@H](NC(=O)c3cc4c(F)ccc(C)c4[nH]3)C2)C1. The maximum Gasteiger partial charge on any atom is 0.267 e. The normalized spacial score (nSPS) is 26.6. The van der Waals surface area contributed by atoms with Gasteiger partial charge in [-0.15, -0.1) is 0 Å². The molecule has 0 radical (unpaired) electrons. The van der Waals surface area contributed by atoms with Crippen molar-refractivity contribution in [2.75, 3.05) is 20.1 Å². The van der Waals surface area contributed by atoms with Crippen LogP contribution in [0, 0.1) is 12.7 Å². The molecule has 1 aliphatic carbocycles. The van der Waals surface area contributed by atoms with Crippen LogP contribution in [0.1, 0.15) is 48.2 Å². The Morgan fingerprint density at radius 2 is 2.11 bits per heavy atom. The minimum absolute atomic E-state index is 0.134. The monoisotopic (exact) mass is 372 g/mol. The molecular weight excluding hydrogens is 343 g/mol. The first kappa shape index (κ1) is 18.4. The van der Waals surface area contributed by atoms with Crippen molar-refractivity contribution < 1.29 is 9.18 Å². The van der Waals surface area contributed by atoms with E-state index in [9.17, 15) is 9.18 Å². The van der Waals surface area contributed by atoms with Gasteiger partial charge in [0, 0.05) is 36.6 Å². The Morgan fingerprint density at radius 3 is 2.85 bits per heavy atom. The van der Waals surface area contributed by atoms with E-state index in [0.717, 1.165) is 37.9 Å². The Bertz CT molecular complexity index is 794. The number of hydrogen-bond acceptors (Lipinski definition) is 3. The first-order valence-corrected chi connectivity index (χ1v) is 10.0. The topological polar surface area (TPSA) is 60.2 Å². The van der Waals surface area contributed by atoms with Gasteiger partial charge in [-0.25, -0.2) is 4.39 Å². The molecule has 2 aromatic rings. The summed E-state index contributed by atoms with van der Waals surface area (Å²) in [4.78, 5) is 18.4. The van der Waals surface area contributed by atoms with Crippen LogP contribution < -0.4 is 10.6 Å². The number of amides is 1. The first-order valence-electron chi connectivity index (χ1n) is 10.0. The molecule has 1 saturated heterocycles. The number of likely N-dealkylation sites (N-methyl/N-ethyl adjacent to an activating group) is 1. The average Bonchev–Trinajstić information content (AvgIpc) is 3.33. The standard InChI is InChI=1S/C21H29FN4O/c1-13-6-7-18(22)17-11-19(25-20(13)17)21(27)24-14-4-3-5-16(10-14)26-9-8-15(12-26)23-2/h6-7,11,14-16,23,25H,3-5,8-10,12H2,1-2H3,(H,24,27)/t14-,15?,16+/m1/s1.